The van der Waals surface area contributed by atoms with Crippen LogP contribution in [0.15, 0.2) is 47.8 Å². The molecule has 0 fully saturated rings. The summed E-state index contributed by atoms with van der Waals surface area (Å²) in [5.74, 6) is 0.286. The van der Waals surface area contributed by atoms with Crippen LogP contribution in [0.2, 0.25) is 0 Å². The Hall–Kier alpha value is -2.89. The van der Waals surface area contributed by atoms with Crippen LogP contribution >= 0.6 is 0 Å². The highest BCUT2D eigenvalue weighted by Gasteiger charge is 2.04. The molecule has 114 valence electrons. The topological polar surface area (TPSA) is 83.8 Å². The molecule has 22 heavy (non-hydrogen) atoms. The van der Waals surface area contributed by atoms with Gasteiger partial charge < -0.3 is 9.84 Å². The fraction of sp³-hybridized carbons (Fsp3) is 0.188. The van der Waals surface area contributed by atoms with Gasteiger partial charge in [-0.15, -0.1) is 0 Å². The van der Waals surface area contributed by atoms with Gasteiger partial charge in [-0.2, -0.15) is 5.10 Å². The number of carbonyl (C=O) groups excluding carboxylic acids is 1. The molecule has 2 N–H and O–H groups in total. The minimum atomic E-state index is -0.346. The molecule has 0 aliphatic carbocycles. The highest BCUT2D eigenvalue weighted by Crippen LogP contribution is 2.22. The number of ether oxygens (including phenoxy) is 1. The van der Waals surface area contributed by atoms with Gasteiger partial charge in [-0.3, -0.25) is 9.78 Å². The highest BCUT2D eigenvalue weighted by molar-refractivity contribution is 5.94. The zero-order valence-corrected chi connectivity index (χ0v) is 12.2. The lowest BCUT2D eigenvalue weighted by Crippen LogP contribution is -2.17. The van der Waals surface area contributed by atoms with Crippen molar-refractivity contribution in [1.82, 2.24) is 10.4 Å². The van der Waals surface area contributed by atoms with Crippen LogP contribution in [0.5, 0.6) is 11.5 Å². The van der Waals surface area contributed by atoms with E-state index in [0.29, 0.717) is 23.5 Å². The Morgan fingerprint density at radius 2 is 2.14 bits per heavy atom. The molecule has 6 nitrogen and oxygen atoms in total. The third kappa shape index (κ3) is 4.31. The van der Waals surface area contributed by atoms with Gasteiger partial charge in [-0.1, -0.05) is 6.92 Å². The number of phenolic OH excluding ortho intramolecular Hbond substituents is 1. The van der Waals surface area contributed by atoms with Gasteiger partial charge in [0, 0.05) is 29.6 Å². The van der Waals surface area contributed by atoms with Crippen molar-refractivity contribution < 1.29 is 14.6 Å². The Balaban J connectivity index is 1.97. The van der Waals surface area contributed by atoms with E-state index in [0.717, 1.165) is 6.42 Å². The van der Waals surface area contributed by atoms with Crippen LogP contribution in [0.25, 0.3) is 0 Å². The van der Waals surface area contributed by atoms with E-state index in [1.54, 1.807) is 24.3 Å². The second-order valence-corrected chi connectivity index (χ2v) is 4.50. The Kier molecular flexibility index (Phi) is 5.48. The molecule has 0 spiro atoms. The lowest BCUT2D eigenvalue weighted by atomic mass is 10.2. The summed E-state index contributed by atoms with van der Waals surface area (Å²) in [4.78, 5) is 15.6. The molecule has 2 aromatic rings. The predicted octanol–water partition coefficient (Wildman–Crippen LogP) is 2.34. The molecule has 0 aliphatic rings. The lowest BCUT2D eigenvalue weighted by Gasteiger charge is -2.06. The van der Waals surface area contributed by atoms with Crippen LogP contribution in [0.1, 0.15) is 29.3 Å². The summed E-state index contributed by atoms with van der Waals surface area (Å²) in [6.45, 7) is 2.60. The van der Waals surface area contributed by atoms with Gasteiger partial charge in [0.05, 0.1) is 12.8 Å². The van der Waals surface area contributed by atoms with Gasteiger partial charge in [0.2, 0.25) is 0 Å². The van der Waals surface area contributed by atoms with E-state index in [9.17, 15) is 9.90 Å². The summed E-state index contributed by atoms with van der Waals surface area (Å²) < 4.78 is 5.41. The van der Waals surface area contributed by atoms with Crippen molar-refractivity contribution in [2.45, 2.75) is 13.3 Å². The number of phenols is 1. The molecule has 0 saturated carbocycles. The van der Waals surface area contributed by atoms with Crippen molar-refractivity contribution in [3.63, 3.8) is 0 Å². The van der Waals surface area contributed by atoms with Gasteiger partial charge in [0.15, 0.2) is 0 Å². The number of nitrogens with zero attached hydrogens (tertiary/aromatic N) is 2. The van der Waals surface area contributed by atoms with Crippen LogP contribution in [-0.2, 0) is 0 Å². The van der Waals surface area contributed by atoms with E-state index in [2.05, 4.69) is 15.5 Å². The first-order valence-electron chi connectivity index (χ1n) is 6.90. The number of aromatic nitrogens is 1. The molecule has 0 bridgehead atoms. The average Bonchev–Trinajstić information content (AvgIpc) is 2.55. The fourth-order valence-corrected chi connectivity index (χ4v) is 1.67. The molecule has 0 saturated heterocycles. The van der Waals surface area contributed by atoms with E-state index in [4.69, 9.17) is 4.74 Å². The summed E-state index contributed by atoms with van der Waals surface area (Å²) in [6, 6.07) is 8.09. The van der Waals surface area contributed by atoms with Crippen molar-refractivity contribution in [2.75, 3.05) is 6.61 Å². The summed E-state index contributed by atoms with van der Waals surface area (Å²) in [5.41, 5.74) is 3.33. The number of hydrogen-bond acceptors (Lipinski definition) is 5. The molecule has 1 aromatic heterocycles. The number of hydrazone groups is 1. The standard InChI is InChI=1S/C16H17N3O3/c1-2-9-22-14-4-3-13(15(20)10-14)11-18-19-16(21)12-5-7-17-8-6-12/h3-8,10-11,20H,2,9H2,1H3,(H,19,21). The minimum absolute atomic E-state index is 0.0375. The van der Waals surface area contributed by atoms with Gasteiger partial charge in [0.25, 0.3) is 5.91 Å². The Morgan fingerprint density at radius 3 is 2.82 bits per heavy atom. The average molecular weight is 299 g/mol. The quantitative estimate of drug-likeness (QED) is 0.633. The molecule has 2 rings (SSSR count). The van der Waals surface area contributed by atoms with Crippen molar-refractivity contribution in [1.29, 1.82) is 0 Å². The maximum absolute atomic E-state index is 11.8. The van der Waals surface area contributed by atoms with Crippen LogP contribution in [0.3, 0.4) is 0 Å². The summed E-state index contributed by atoms with van der Waals surface area (Å²) in [7, 11) is 0. The number of aromatic hydroxyl groups is 1. The number of carbonyl (C=O) groups is 1. The molecule has 1 heterocycles. The van der Waals surface area contributed by atoms with Gasteiger partial charge >= 0.3 is 0 Å². The third-order valence-electron chi connectivity index (χ3n) is 2.79. The van der Waals surface area contributed by atoms with Crippen LogP contribution in [0, 0.1) is 0 Å². The number of hydrogen-bond donors (Lipinski definition) is 2. The normalized spacial score (nSPS) is 10.6. The molecule has 0 unspecified atom stereocenters. The van der Waals surface area contributed by atoms with E-state index >= 15 is 0 Å². The molecule has 1 amide bonds. The van der Waals surface area contributed by atoms with E-state index in [-0.39, 0.29) is 11.7 Å². The molecule has 0 radical (unpaired) electrons. The largest absolute Gasteiger partial charge is 0.507 e. The SMILES string of the molecule is CCCOc1ccc(C=NNC(=O)c2ccncc2)c(O)c1. The first kappa shape index (κ1) is 15.5. The number of amides is 1. The second-order valence-electron chi connectivity index (χ2n) is 4.50. The third-order valence-corrected chi connectivity index (χ3v) is 2.79. The zero-order chi connectivity index (χ0) is 15.8. The van der Waals surface area contributed by atoms with E-state index in [1.165, 1.54) is 24.7 Å². The first-order valence-corrected chi connectivity index (χ1v) is 6.90. The molecular formula is C16H17N3O3. The van der Waals surface area contributed by atoms with Crippen molar-refractivity contribution >= 4 is 12.1 Å². The Labute approximate surface area is 128 Å². The number of benzene rings is 1. The van der Waals surface area contributed by atoms with Gasteiger partial charge in [0.1, 0.15) is 11.5 Å². The maximum atomic E-state index is 11.8. The highest BCUT2D eigenvalue weighted by atomic mass is 16.5. The Morgan fingerprint density at radius 1 is 1.36 bits per heavy atom. The second kappa shape index (κ2) is 7.78. The first-order chi connectivity index (χ1) is 10.7. The molecule has 1 aromatic carbocycles. The monoisotopic (exact) mass is 299 g/mol. The van der Waals surface area contributed by atoms with Crippen molar-refractivity contribution in [3.05, 3.63) is 53.9 Å². The number of nitrogens with one attached hydrogen (secondary N) is 1. The number of pyridine rings is 1. The lowest BCUT2D eigenvalue weighted by molar-refractivity contribution is 0.0955. The summed E-state index contributed by atoms with van der Waals surface area (Å²) in [5, 5.41) is 13.7. The molecule has 0 atom stereocenters. The summed E-state index contributed by atoms with van der Waals surface area (Å²) >= 11 is 0. The van der Waals surface area contributed by atoms with Gasteiger partial charge in [-0.25, -0.2) is 5.43 Å². The molecular weight excluding hydrogens is 282 g/mol. The van der Waals surface area contributed by atoms with E-state index in [1.807, 2.05) is 6.92 Å². The smallest absolute Gasteiger partial charge is 0.271 e. The Bertz CT molecular complexity index is 657. The molecule has 0 aliphatic heterocycles. The fourth-order valence-electron chi connectivity index (χ4n) is 1.67. The van der Waals surface area contributed by atoms with Crippen LogP contribution < -0.4 is 10.2 Å². The van der Waals surface area contributed by atoms with E-state index < -0.39 is 0 Å². The minimum Gasteiger partial charge on any atom is -0.507 e. The van der Waals surface area contributed by atoms with Crippen LogP contribution in [-0.4, -0.2) is 28.8 Å². The zero-order valence-electron chi connectivity index (χ0n) is 12.2. The molecule has 6 heteroatoms. The number of rotatable bonds is 6. The maximum Gasteiger partial charge on any atom is 0.271 e. The van der Waals surface area contributed by atoms with Crippen molar-refractivity contribution in [3.8, 4) is 11.5 Å². The van der Waals surface area contributed by atoms with Gasteiger partial charge in [-0.05, 0) is 30.7 Å². The van der Waals surface area contributed by atoms with Crippen molar-refractivity contribution in [2.24, 2.45) is 5.10 Å². The summed E-state index contributed by atoms with van der Waals surface area (Å²) in [6.07, 6.45) is 5.32. The predicted molar refractivity (Wildman–Crippen MR) is 83.2 cm³/mol. The van der Waals surface area contributed by atoms with Crippen LogP contribution in [0.4, 0.5) is 0 Å².